The van der Waals surface area contributed by atoms with Crippen molar-refractivity contribution in [3.63, 3.8) is 0 Å². The lowest BCUT2D eigenvalue weighted by atomic mass is 9.76. The maximum atomic E-state index is 13.2. The summed E-state index contributed by atoms with van der Waals surface area (Å²) in [4.78, 5) is 20.0. The van der Waals surface area contributed by atoms with Crippen LogP contribution in [0.1, 0.15) is 51.5 Å². The molecule has 3 atom stereocenters. The fourth-order valence-electron chi connectivity index (χ4n) is 5.42. The number of benzene rings is 2. The Morgan fingerprint density at radius 3 is 2.70 bits per heavy atom. The molecule has 2 aliphatic rings. The normalized spacial score (nSPS) is 22.3. The Morgan fingerprint density at radius 2 is 1.91 bits per heavy atom. The van der Waals surface area contributed by atoms with Crippen molar-refractivity contribution in [1.82, 2.24) is 9.88 Å². The second-order valence-corrected chi connectivity index (χ2v) is 10.2. The van der Waals surface area contributed by atoms with Crippen LogP contribution in [-0.2, 0) is 17.6 Å². The van der Waals surface area contributed by atoms with Crippen molar-refractivity contribution in [2.45, 2.75) is 37.8 Å². The van der Waals surface area contributed by atoms with Gasteiger partial charge in [0.2, 0.25) is 0 Å². The van der Waals surface area contributed by atoms with Crippen molar-refractivity contribution in [2.24, 2.45) is 5.92 Å². The van der Waals surface area contributed by atoms with E-state index >= 15 is 0 Å². The molecule has 0 radical (unpaired) electrons. The molecule has 0 bridgehead atoms. The Bertz CT molecular complexity index is 1120. The number of piperidine rings is 1. The van der Waals surface area contributed by atoms with Gasteiger partial charge in [-0.3, -0.25) is 9.78 Å². The number of carbonyl (C=O) groups is 1. The summed E-state index contributed by atoms with van der Waals surface area (Å²) in [7, 11) is 1.70. The predicted molar refractivity (Wildman–Crippen MR) is 134 cm³/mol. The Morgan fingerprint density at radius 1 is 1.12 bits per heavy atom. The van der Waals surface area contributed by atoms with Crippen LogP contribution in [0.2, 0.25) is 5.02 Å². The number of hydrogen-bond donors (Lipinski definition) is 0. The van der Waals surface area contributed by atoms with E-state index in [2.05, 4.69) is 34.1 Å². The van der Waals surface area contributed by atoms with Gasteiger partial charge in [-0.25, -0.2) is 0 Å². The number of fused-ring (bicyclic) bond motifs is 2. The number of hydrogen-bond acceptors (Lipinski definition) is 3. The zero-order chi connectivity index (χ0) is 22.9. The van der Waals surface area contributed by atoms with Gasteiger partial charge in [0.15, 0.2) is 0 Å². The molecule has 5 rings (SSSR count). The van der Waals surface area contributed by atoms with E-state index in [1.807, 2.05) is 47.5 Å². The van der Waals surface area contributed by atoms with Crippen LogP contribution in [0.25, 0.3) is 0 Å². The maximum absolute atomic E-state index is 13.2. The predicted octanol–water partition coefficient (Wildman–Crippen LogP) is 6.25. The number of methoxy groups -OCH3 is 1. The highest BCUT2D eigenvalue weighted by Gasteiger charge is 2.39. The van der Waals surface area contributed by atoms with Crippen molar-refractivity contribution in [3.8, 4) is 0 Å². The number of carbonyl (C=O) groups excluding carboxylic acids is 1. The van der Waals surface area contributed by atoms with E-state index in [1.165, 1.54) is 16.7 Å². The number of rotatable bonds is 3. The van der Waals surface area contributed by atoms with Gasteiger partial charge in [-0.2, -0.15) is 0 Å². The van der Waals surface area contributed by atoms with Gasteiger partial charge in [0.1, 0.15) is 6.23 Å². The highest BCUT2D eigenvalue weighted by Crippen LogP contribution is 2.44. The van der Waals surface area contributed by atoms with Crippen LogP contribution >= 0.6 is 27.5 Å². The first-order chi connectivity index (χ1) is 16.0. The zero-order valence-electron chi connectivity index (χ0n) is 18.5. The SMILES string of the molecule is COC1C[C@H](C2c3ccc(Cl)cc3CCc3cc(Br)cnc32)CCN1C(=O)c1ccccc1. The van der Waals surface area contributed by atoms with Crippen molar-refractivity contribution < 1.29 is 9.53 Å². The zero-order valence-corrected chi connectivity index (χ0v) is 20.8. The molecule has 2 aromatic carbocycles. The third-order valence-electron chi connectivity index (χ3n) is 6.98. The molecular formula is C27H26BrClN2O2. The molecule has 2 unspecified atom stereocenters. The van der Waals surface area contributed by atoms with Gasteiger partial charge in [-0.1, -0.05) is 35.9 Å². The standard InChI is InChI=1S/C27H26BrClN2O2/c1-33-24-15-19(11-12-31(24)27(32)17-5-3-2-4-6-17)25-23-10-9-22(29)14-18(23)7-8-20-13-21(28)16-30-26(20)25/h2-6,9-10,13-14,16,19,24-25H,7-8,11-12,15H2,1H3/t19-,24?,25?/m1/s1. The molecule has 33 heavy (non-hydrogen) atoms. The second kappa shape index (κ2) is 9.57. The average Bonchev–Trinajstić information content (AvgIpc) is 3.00. The molecule has 6 heteroatoms. The molecule has 3 aromatic rings. The van der Waals surface area contributed by atoms with Crippen LogP contribution in [0.15, 0.2) is 65.3 Å². The average molecular weight is 526 g/mol. The van der Waals surface area contributed by atoms with Crippen LogP contribution in [-0.4, -0.2) is 35.7 Å². The second-order valence-electron chi connectivity index (χ2n) is 8.86. The van der Waals surface area contributed by atoms with Gasteiger partial charge in [-0.15, -0.1) is 0 Å². The Hall–Kier alpha value is -2.21. The monoisotopic (exact) mass is 524 g/mol. The molecule has 0 N–H and O–H groups in total. The van der Waals surface area contributed by atoms with Crippen LogP contribution in [0.5, 0.6) is 0 Å². The highest BCUT2D eigenvalue weighted by molar-refractivity contribution is 9.10. The first-order valence-electron chi connectivity index (χ1n) is 11.4. The number of amides is 1. The van der Waals surface area contributed by atoms with E-state index in [0.717, 1.165) is 40.9 Å². The van der Waals surface area contributed by atoms with Gasteiger partial charge in [-0.05, 0) is 94.6 Å². The molecule has 2 heterocycles. The third kappa shape index (κ3) is 4.46. The lowest BCUT2D eigenvalue weighted by Gasteiger charge is -2.41. The number of pyridine rings is 1. The lowest BCUT2D eigenvalue weighted by Crippen LogP contribution is -2.48. The number of ether oxygens (including phenoxy) is 1. The van der Waals surface area contributed by atoms with E-state index in [4.69, 9.17) is 21.3 Å². The minimum absolute atomic E-state index is 0.0244. The summed E-state index contributed by atoms with van der Waals surface area (Å²) in [5.41, 5.74) is 5.71. The van der Waals surface area contributed by atoms with Crippen LogP contribution in [0.4, 0.5) is 0 Å². The molecule has 1 aliphatic carbocycles. The molecule has 170 valence electrons. The molecule has 1 fully saturated rings. The van der Waals surface area contributed by atoms with E-state index in [0.29, 0.717) is 18.0 Å². The summed E-state index contributed by atoms with van der Waals surface area (Å²) in [6.45, 7) is 0.655. The molecule has 4 nitrogen and oxygen atoms in total. The molecule has 0 spiro atoms. The van der Waals surface area contributed by atoms with E-state index in [-0.39, 0.29) is 18.1 Å². The summed E-state index contributed by atoms with van der Waals surface area (Å²) in [5.74, 6) is 0.478. The van der Waals surface area contributed by atoms with Crippen molar-refractivity contribution in [3.05, 3.63) is 98.2 Å². The summed E-state index contributed by atoms with van der Waals surface area (Å²) in [6, 6.07) is 17.9. The summed E-state index contributed by atoms with van der Waals surface area (Å²) >= 11 is 9.97. The van der Waals surface area contributed by atoms with Crippen LogP contribution < -0.4 is 0 Å². The summed E-state index contributed by atoms with van der Waals surface area (Å²) in [5, 5.41) is 0.769. The smallest absolute Gasteiger partial charge is 0.255 e. The van der Waals surface area contributed by atoms with Gasteiger partial charge < -0.3 is 9.64 Å². The van der Waals surface area contributed by atoms with Gasteiger partial charge in [0.25, 0.3) is 5.91 Å². The van der Waals surface area contributed by atoms with Crippen LogP contribution in [0, 0.1) is 5.92 Å². The van der Waals surface area contributed by atoms with E-state index < -0.39 is 0 Å². The topological polar surface area (TPSA) is 42.4 Å². The van der Waals surface area contributed by atoms with Crippen LogP contribution in [0.3, 0.4) is 0 Å². The first kappa shape index (κ1) is 22.6. The molecule has 1 saturated heterocycles. The quantitative estimate of drug-likeness (QED) is 0.406. The van der Waals surface area contributed by atoms with Crippen molar-refractivity contribution in [2.75, 3.05) is 13.7 Å². The van der Waals surface area contributed by atoms with Gasteiger partial charge >= 0.3 is 0 Å². The Labute approximate surface area is 208 Å². The van der Waals surface area contributed by atoms with Crippen molar-refractivity contribution in [1.29, 1.82) is 0 Å². The molecule has 1 amide bonds. The summed E-state index contributed by atoms with van der Waals surface area (Å²) < 4.78 is 6.87. The number of likely N-dealkylation sites (tertiary alicyclic amines) is 1. The highest BCUT2D eigenvalue weighted by atomic mass is 79.9. The minimum Gasteiger partial charge on any atom is -0.362 e. The number of nitrogens with zero attached hydrogens (tertiary/aromatic N) is 2. The fraction of sp³-hybridized carbons (Fsp3) is 0.333. The van der Waals surface area contributed by atoms with E-state index in [9.17, 15) is 4.79 Å². The van der Waals surface area contributed by atoms with Crippen molar-refractivity contribution >= 4 is 33.4 Å². The molecular weight excluding hydrogens is 500 g/mol. The molecule has 0 saturated carbocycles. The molecule has 1 aromatic heterocycles. The Balaban J connectivity index is 1.50. The number of aryl methyl sites for hydroxylation is 2. The minimum atomic E-state index is -0.269. The van der Waals surface area contributed by atoms with E-state index in [1.54, 1.807) is 7.11 Å². The summed E-state index contributed by atoms with van der Waals surface area (Å²) in [6.07, 6.45) is 5.16. The lowest BCUT2D eigenvalue weighted by molar-refractivity contribution is -0.0560. The first-order valence-corrected chi connectivity index (χ1v) is 12.5. The van der Waals surface area contributed by atoms with Gasteiger partial charge in [0.05, 0.1) is 5.69 Å². The van der Waals surface area contributed by atoms with Gasteiger partial charge in [0, 0.05) is 40.8 Å². The molecule has 1 aliphatic heterocycles. The third-order valence-corrected chi connectivity index (χ3v) is 7.65. The largest absolute Gasteiger partial charge is 0.362 e. The number of aromatic nitrogens is 1. The Kier molecular flexibility index (Phi) is 6.55. The maximum Gasteiger partial charge on any atom is 0.255 e. The fourth-order valence-corrected chi connectivity index (χ4v) is 5.99. The number of halogens is 2.